The third-order valence-electron chi connectivity index (χ3n) is 4.74. The molecule has 0 spiro atoms. The molecule has 8 nitrogen and oxygen atoms in total. The van der Waals surface area contributed by atoms with Gasteiger partial charge in [0.1, 0.15) is 28.1 Å². The van der Waals surface area contributed by atoms with Gasteiger partial charge in [-0.2, -0.15) is 0 Å². The van der Waals surface area contributed by atoms with Crippen molar-refractivity contribution in [1.29, 1.82) is 0 Å². The van der Waals surface area contributed by atoms with Gasteiger partial charge < -0.3 is 9.88 Å². The quantitative estimate of drug-likeness (QED) is 0.572. The van der Waals surface area contributed by atoms with Gasteiger partial charge in [0.15, 0.2) is 0 Å². The number of carbonyl (C=O) groups excluding carboxylic acids is 1. The van der Waals surface area contributed by atoms with E-state index in [4.69, 9.17) is 0 Å². The summed E-state index contributed by atoms with van der Waals surface area (Å²) >= 11 is 1.37. The van der Waals surface area contributed by atoms with Gasteiger partial charge in [-0.25, -0.2) is 19.0 Å². The lowest BCUT2D eigenvalue weighted by Gasteiger charge is -2.33. The number of nitrogens with one attached hydrogen (secondary N) is 1. The van der Waals surface area contributed by atoms with Crippen molar-refractivity contribution in [3.63, 3.8) is 0 Å². The predicted molar refractivity (Wildman–Crippen MR) is 95.8 cm³/mol. The molecule has 0 saturated heterocycles. The van der Waals surface area contributed by atoms with E-state index < -0.39 is 6.04 Å². The molecule has 1 atom stereocenters. The first kappa shape index (κ1) is 16.1. The summed E-state index contributed by atoms with van der Waals surface area (Å²) in [7, 11) is 1.67. The van der Waals surface area contributed by atoms with Gasteiger partial charge in [-0.3, -0.25) is 4.79 Å². The summed E-state index contributed by atoms with van der Waals surface area (Å²) in [6.07, 6.45) is 3.71. The molecule has 1 amide bonds. The molecule has 4 heterocycles. The first-order valence-electron chi connectivity index (χ1n) is 8.36. The molecule has 0 fully saturated rings. The molecule has 3 aromatic heterocycles. The highest BCUT2D eigenvalue weighted by molar-refractivity contribution is 7.18. The number of H-pyrrole nitrogens is 1. The normalized spacial score (nSPS) is 16.7. The zero-order valence-electron chi connectivity index (χ0n) is 14.3. The van der Waals surface area contributed by atoms with E-state index in [1.165, 1.54) is 28.3 Å². The topological polar surface area (TPSA) is 92.6 Å². The first-order valence-corrected chi connectivity index (χ1v) is 9.18. The molecule has 5 rings (SSSR count). The van der Waals surface area contributed by atoms with Crippen molar-refractivity contribution in [2.75, 3.05) is 6.54 Å². The van der Waals surface area contributed by atoms with Gasteiger partial charge in [0.2, 0.25) is 0 Å². The van der Waals surface area contributed by atoms with Crippen molar-refractivity contribution >= 4 is 27.5 Å². The van der Waals surface area contributed by atoms with E-state index >= 15 is 0 Å². The van der Waals surface area contributed by atoms with E-state index in [0.29, 0.717) is 29.2 Å². The Labute approximate surface area is 156 Å². The molecule has 0 unspecified atom stereocenters. The first-order chi connectivity index (χ1) is 13.1. The van der Waals surface area contributed by atoms with E-state index in [-0.39, 0.29) is 11.7 Å². The number of hydrogen-bond donors (Lipinski definition) is 1. The molecule has 1 N–H and O–H groups in total. The Balaban J connectivity index is 1.66. The van der Waals surface area contributed by atoms with Crippen molar-refractivity contribution in [2.45, 2.75) is 12.5 Å². The van der Waals surface area contributed by atoms with Crippen molar-refractivity contribution in [2.24, 2.45) is 7.05 Å². The Morgan fingerprint density at radius 1 is 1.41 bits per heavy atom. The standard InChI is InChI=1S/C17H14FN7OS/c1-24-11(7-21-23-24)17(26)25-6-5-10-14(20-8-19-10)15(25)16-22-13-9(18)3-2-4-12(13)27-16/h2-4,7-8,15H,5-6H2,1H3,(H,19,20)/t15-/m0/s1. The van der Waals surface area contributed by atoms with Crippen LogP contribution in [0.5, 0.6) is 0 Å². The van der Waals surface area contributed by atoms with Crippen LogP contribution in [0.25, 0.3) is 10.2 Å². The maximum atomic E-state index is 14.2. The van der Waals surface area contributed by atoms with Crippen LogP contribution in [0.2, 0.25) is 0 Å². The number of rotatable bonds is 2. The van der Waals surface area contributed by atoms with Crippen LogP contribution in [0.15, 0.2) is 30.7 Å². The number of nitrogens with zero attached hydrogens (tertiary/aromatic N) is 6. The molecule has 27 heavy (non-hydrogen) atoms. The van der Waals surface area contributed by atoms with Crippen LogP contribution < -0.4 is 0 Å². The van der Waals surface area contributed by atoms with E-state index in [9.17, 15) is 9.18 Å². The second-order valence-electron chi connectivity index (χ2n) is 6.30. The van der Waals surface area contributed by atoms with Gasteiger partial charge in [0.25, 0.3) is 5.91 Å². The Kier molecular flexibility index (Phi) is 3.54. The third kappa shape index (κ3) is 2.44. The molecule has 1 aromatic carbocycles. The Morgan fingerprint density at radius 3 is 3.07 bits per heavy atom. The fourth-order valence-electron chi connectivity index (χ4n) is 3.43. The van der Waals surface area contributed by atoms with Crippen LogP contribution in [0.1, 0.15) is 32.9 Å². The fourth-order valence-corrected chi connectivity index (χ4v) is 4.52. The van der Waals surface area contributed by atoms with Crippen LogP contribution >= 0.6 is 11.3 Å². The number of fused-ring (bicyclic) bond motifs is 2. The maximum absolute atomic E-state index is 14.2. The molecule has 0 bridgehead atoms. The molecule has 0 saturated carbocycles. The van der Waals surface area contributed by atoms with Gasteiger partial charge in [0, 0.05) is 25.7 Å². The van der Waals surface area contributed by atoms with Gasteiger partial charge in [-0.05, 0) is 12.1 Å². The minimum Gasteiger partial charge on any atom is -0.348 e. The summed E-state index contributed by atoms with van der Waals surface area (Å²) in [5.74, 6) is -0.581. The van der Waals surface area contributed by atoms with Crippen LogP contribution in [0.3, 0.4) is 0 Å². The highest BCUT2D eigenvalue weighted by Gasteiger charge is 2.37. The van der Waals surface area contributed by atoms with Crippen LogP contribution in [-0.2, 0) is 13.5 Å². The zero-order valence-corrected chi connectivity index (χ0v) is 15.1. The summed E-state index contributed by atoms with van der Waals surface area (Å²) in [5.41, 5.74) is 2.40. The minimum atomic E-state index is -0.487. The minimum absolute atomic E-state index is 0.208. The van der Waals surface area contributed by atoms with Crippen LogP contribution in [-0.4, -0.2) is 47.3 Å². The molecular weight excluding hydrogens is 369 g/mol. The molecule has 10 heteroatoms. The number of imidazole rings is 1. The Hall–Kier alpha value is -3.14. The summed E-state index contributed by atoms with van der Waals surface area (Å²) in [6.45, 7) is 0.488. The predicted octanol–water partition coefficient (Wildman–Crippen LogP) is 2.07. The number of benzene rings is 1. The van der Waals surface area contributed by atoms with E-state index in [1.54, 1.807) is 24.3 Å². The number of aryl methyl sites for hydroxylation is 1. The largest absolute Gasteiger partial charge is 0.348 e. The number of amides is 1. The smallest absolute Gasteiger partial charge is 0.274 e. The number of aromatic nitrogens is 6. The van der Waals surface area contributed by atoms with Crippen LogP contribution in [0.4, 0.5) is 4.39 Å². The summed E-state index contributed by atoms with van der Waals surface area (Å²) < 4.78 is 16.3. The number of aromatic amines is 1. The van der Waals surface area contributed by atoms with Gasteiger partial charge in [-0.1, -0.05) is 11.3 Å². The molecule has 1 aliphatic rings. The van der Waals surface area contributed by atoms with Crippen molar-refractivity contribution in [3.8, 4) is 0 Å². The lowest BCUT2D eigenvalue weighted by Crippen LogP contribution is -2.41. The SMILES string of the molecule is Cn1nncc1C(=O)N1CCc2[nH]cnc2[C@H]1c1nc2c(F)cccc2s1. The lowest BCUT2D eigenvalue weighted by atomic mass is 10.0. The number of hydrogen-bond acceptors (Lipinski definition) is 6. The highest BCUT2D eigenvalue weighted by Crippen LogP contribution is 2.38. The molecule has 0 aliphatic carbocycles. The third-order valence-corrected chi connectivity index (χ3v) is 5.81. The maximum Gasteiger partial charge on any atom is 0.274 e. The Bertz CT molecular complexity index is 1160. The average molecular weight is 383 g/mol. The molecule has 1 aliphatic heterocycles. The van der Waals surface area contributed by atoms with Crippen LogP contribution in [0, 0.1) is 5.82 Å². The second-order valence-corrected chi connectivity index (χ2v) is 7.36. The molecule has 0 radical (unpaired) electrons. The van der Waals surface area contributed by atoms with E-state index in [1.807, 2.05) is 6.07 Å². The number of thiazole rings is 1. The average Bonchev–Trinajstić information content (AvgIpc) is 3.39. The highest BCUT2D eigenvalue weighted by atomic mass is 32.1. The van der Waals surface area contributed by atoms with E-state index in [0.717, 1.165) is 16.1 Å². The second kappa shape index (κ2) is 5.95. The van der Waals surface area contributed by atoms with E-state index in [2.05, 4.69) is 25.3 Å². The monoisotopic (exact) mass is 383 g/mol. The Morgan fingerprint density at radius 2 is 2.30 bits per heavy atom. The van der Waals surface area contributed by atoms with Gasteiger partial charge in [-0.15, -0.1) is 16.4 Å². The van der Waals surface area contributed by atoms with Crippen molar-refractivity contribution in [3.05, 3.63) is 58.6 Å². The number of para-hydroxylation sites is 1. The van der Waals surface area contributed by atoms with Gasteiger partial charge >= 0.3 is 0 Å². The van der Waals surface area contributed by atoms with Crippen molar-refractivity contribution in [1.82, 2.24) is 34.8 Å². The van der Waals surface area contributed by atoms with Crippen molar-refractivity contribution < 1.29 is 9.18 Å². The summed E-state index contributed by atoms with van der Waals surface area (Å²) in [6, 6.07) is 4.38. The molecule has 4 aromatic rings. The summed E-state index contributed by atoms with van der Waals surface area (Å²) in [4.78, 5) is 26.9. The summed E-state index contributed by atoms with van der Waals surface area (Å²) in [5, 5.41) is 8.27. The molecular formula is C17H14FN7OS. The van der Waals surface area contributed by atoms with Gasteiger partial charge in [0.05, 0.1) is 22.9 Å². The lowest BCUT2D eigenvalue weighted by molar-refractivity contribution is 0.0679. The number of halogens is 1. The molecule has 136 valence electrons. The fraction of sp³-hybridized carbons (Fsp3) is 0.235. The zero-order chi connectivity index (χ0) is 18.5. The number of carbonyl (C=O) groups is 1.